The van der Waals surface area contributed by atoms with Crippen LogP contribution in [-0.2, 0) is 0 Å². The molecule has 0 atom stereocenters. The maximum Gasteiger partial charge on any atom is 0.112 e. The quantitative estimate of drug-likeness (QED) is 0.367. The highest BCUT2D eigenvalue weighted by Crippen LogP contribution is 2.20. The standard InChI is InChI=1S/C15H37NSi2/c1-8-9-10-11-12-13-14-15-16(17(2,3)4)18(5,6)7/h8-15H2,1-7H3. The summed E-state index contributed by atoms with van der Waals surface area (Å²) >= 11 is 0. The normalized spacial score (nSPS) is 13.3. The summed E-state index contributed by atoms with van der Waals surface area (Å²) in [7, 11) is -2.22. The molecule has 0 bridgehead atoms. The minimum absolute atomic E-state index is 1.11. The summed E-state index contributed by atoms with van der Waals surface area (Å²) in [6.07, 6.45) is 9.99. The van der Waals surface area contributed by atoms with Crippen LogP contribution in [0.5, 0.6) is 0 Å². The Morgan fingerprint density at radius 1 is 0.611 bits per heavy atom. The van der Waals surface area contributed by atoms with Gasteiger partial charge in [-0.25, -0.2) is 0 Å². The molecule has 0 fully saturated rings. The Balaban J connectivity index is 3.86. The van der Waals surface area contributed by atoms with Crippen molar-refractivity contribution in [3.63, 3.8) is 0 Å². The summed E-state index contributed by atoms with van der Waals surface area (Å²) in [5, 5.41) is 0. The van der Waals surface area contributed by atoms with Crippen LogP contribution in [-0.4, -0.2) is 27.2 Å². The van der Waals surface area contributed by atoms with Crippen LogP contribution >= 0.6 is 0 Å². The Morgan fingerprint density at radius 2 is 1.00 bits per heavy atom. The Morgan fingerprint density at radius 3 is 1.39 bits per heavy atom. The minimum Gasteiger partial charge on any atom is -0.346 e. The van der Waals surface area contributed by atoms with Gasteiger partial charge in [0, 0.05) is 0 Å². The van der Waals surface area contributed by atoms with E-state index in [0.717, 1.165) is 0 Å². The molecular formula is C15H37NSi2. The zero-order chi connectivity index (χ0) is 14.2. The van der Waals surface area contributed by atoms with Crippen molar-refractivity contribution >= 4 is 16.5 Å². The molecule has 0 saturated carbocycles. The Hall–Kier alpha value is 0.394. The zero-order valence-electron chi connectivity index (χ0n) is 14.1. The average Bonchev–Trinajstić information content (AvgIpc) is 2.18. The van der Waals surface area contributed by atoms with E-state index in [1.54, 1.807) is 0 Å². The van der Waals surface area contributed by atoms with Gasteiger partial charge in [0.2, 0.25) is 0 Å². The number of unbranched alkanes of at least 4 members (excludes halogenated alkanes) is 6. The van der Waals surface area contributed by atoms with Crippen molar-refractivity contribution in [2.24, 2.45) is 0 Å². The lowest BCUT2D eigenvalue weighted by Crippen LogP contribution is -2.59. The van der Waals surface area contributed by atoms with E-state index in [9.17, 15) is 0 Å². The maximum atomic E-state index is 2.92. The second-order valence-corrected chi connectivity index (χ2v) is 17.8. The first kappa shape index (κ1) is 18.4. The van der Waals surface area contributed by atoms with Crippen LogP contribution in [0.3, 0.4) is 0 Å². The summed E-state index contributed by atoms with van der Waals surface area (Å²) in [6, 6.07) is 0. The molecule has 18 heavy (non-hydrogen) atoms. The molecule has 0 heterocycles. The zero-order valence-corrected chi connectivity index (χ0v) is 16.1. The molecule has 0 aliphatic rings. The number of hydrogen-bond donors (Lipinski definition) is 0. The molecule has 0 aromatic rings. The highest BCUT2D eigenvalue weighted by atomic mass is 28.4. The van der Waals surface area contributed by atoms with E-state index < -0.39 is 16.5 Å². The smallest absolute Gasteiger partial charge is 0.112 e. The fraction of sp³-hybridized carbons (Fsp3) is 1.00. The lowest BCUT2D eigenvalue weighted by atomic mass is 10.1. The van der Waals surface area contributed by atoms with Crippen LogP contribution in [0, 0.1) is 0 Å². The van der Waals surface area contributed by atoms with Gasteiger partial charge in [-0.3, -0.25) is 0 Å². The molecule has 0 aromatic heterocycles. The van der Waals surface area contributed by atoms with Gasteiger partial charge in [0.1, 0.15) is 16.5 Å². The molecule has 0 rings (SSSR count). The SMILES string of the molecule is CCCCCCCCCN([Si](C)(C)C)[Si](C)(C)C. The predicted octanol–water partition coefficient (Wildman–Crippen LogP) is 5.71. The summed E-state index contributed by atoms with van der Waals surface area (Å²) in [5.41, 5.74) is 0. The van der Waals surface area contributed by atoms with Crippen molar-refractivity contribution in [2.75, 3.05) is 6.54 Å². The molecule has 0 aliphatic heterocycles. The van der Waals surface area contributed by atoms with E-state index in [0.29, 0.717) is 0 Å². The van der Waals surface area contributed by atoms with Crippen molar-refractivity contribution in [1.82, 2.24) is 4.23 Å². The lowest BCUT2D eigenvalue weighted by molar-refractivity contribution is 0.528. The average molecular weight is 288 g/mol. The van der Waals surface area contributed by atoms with Crippen molar-refractivity contribution in [2.45, 2.75) is 91.2 Å². The Bertz CT molecular complexity index is 190. The first-order valence-corrected chi connectivity index (χ1v) is 14.9. The van der Waals surface area contributed by atoms with Crippen molar-refractivity contribution in [3.8, 4) is 0 Å². The highest BCUT2D eigenvalue weighted by molar-refractivity contribution is 6.89. The molecule has 0 radical (unpaired) electrons. The van der Waals surface area contributed by atoms with Crippen LogP contribution in [0.25, 0.3) is 0 Å². The Labute approximate surface area is 119 Å². The largest absolute Gasteiger partial charge is 0.346 e. The van der Waals surface area contributed by atoms with Gasteiger partial charge in [0.25, 0.3) is 0 Å². The highest BCUT2D eigenvalue weighted by Gasteiger charge is 2.33. The molecule has 0 saturated heterocycles. The van der Waals surface area contributed by atoms with Crippen LogP contribution in [0.4, 0.5) is 0 Å². The van der Waals surface area contributed by atoms with E-state index in [1.165, 1.54) is 51.5 Å². The molecule has 0 N–H and O–H groups in total. The van der Waals surface area contributed by atoms with Crippen LogP contribution in [0.2, 0.25) is 39.3 Å². The topological polar surface area (TPSA) is 3.24 Å². The second kappa shape index (κ2) is 8.54. The van der Waals surface area contributed by atoms with Gasteiger partial charge in [-0.05, 0) is 13.0 Å². The lowest BCUT2D eigenvalue weighted by Gasteiger charge is -2.43. The predicted molar refractivity (Wildman–Crippen MR) is 91.4 cm³/mol. The van der Waals surface area contributed by atoms with Gasteiger partial charge < -0.3 is 4.23 Å². The van der Waals surface area contributed by atoms with Gasteiger partial charge in [-0.1, -0.05) is 84.7 Å². The van der Waals surface area contributed by atoms with Crippen LogP contribution in [0.15, 0.2) is 0 Å². The van der Waals surface area contributed by atoms with Gasteiger partial charge >= 0.3 is 0 Å². The van der Waals surface area contributed by atoms with Gasteiger partial charge in [-0.15, -0.1) is 0 Å². The molecule has 0 unspecified atom stereocenters. The fourth-order valence-electron chi connectivity index (χ4n) is 2.90. The van der Waals surface area contributed by atoms with E-state index in [2.05, 4.69) is 50.4 Å². The molecule has 0 aromatic carbocycles. The molecule has 3 heteroatoms. The number of rotatable bonds is 10. The van der Waals surface area contributed by atoms with Gasteiger partial charge in [0.05, 0.1) is 0 Å². The monoisotopic (exact) mass is 287 g/mol. The molecule has 0 spiro atoms. The fourth-order valence-corrected chi connectivity index (χ4v) is 12.6. The first-order chi connectivity index (χ1) is 8.19. The molecular weight excluding hydrogens is 250 g/mol. The third-order valence-corrected chi connectivity index (χ3v) is 11.3. The summed E-state index contributed by atoms with van der Waals surface area (Å²) in [6.45, 7) is 18.7. The van der Waals surface area contributed by atoms with Gasteiger partial charge in [-0.2, -0.15) is 0 Å². The third kappa shape index (κ3) is 8.49. The summed E-state index contributed by atoms with van der Waals surface area (Å²) in [5.74, 6) is 0. The van der Waals surface area contributed by atoms with Crippen molar-refractivity contribution < 1.29 is 0 Å². The summed E-state index contributed by atoms with van der Waals surface area (Å²) in [4.78, 5) is 0. The van der Waals surface area contributed by atoms with Crippen LogP contribution < -0.4 is 0 Å². The maximum absolute atomic E-state index is 2.92. The molecule has 0 aliphatic carbocycles. The van der Waals surface area contributed by atoms with E-state index >= 15 is 0 Å². The number of nitrogens with zero attached hydrogens (tertiary/aromatic N) is 1. The Kier molecular flexibility index (Phi) is 8.73. The molecule has 110 valence electrons. The van der Waals surface area contributed by atoms with Crippen molar-refractivity contribution in [3.05, 3.63) is 0 Å². The van der Waals surface area contributed by atoms with Crippen molar-refractivity contribution in [1.29, 1.82) is 0 Å². The third-order valence-electron chi connectivity index (χ3n) is 3.60. The molecule has 0 amide bonds. The second-order valence-electron chi connectivity index (χ2n) is 7.61. The first-order valence-electron chi connectivity index (χ1n) is 7.97. The van der Waals surface area contributed by atoms with E-state index in [-0.39, 0.29) is 0 Å². The van der Waals surface area contributed by atoms with E-state index in [4.69, 9.17) is 0 Å². The molecule has 1 nitrogen and oxygen atoms in total. The van der Waals surface area contributed by atoms with E-state index in [1.807, 2.05) is 0 Å². The van der Waals surface area contributed by atoms with Crippen LogP contribution in [0.1, 0.15) is 51.9 Å². The van der Waals surface area contributed by atoms with Gasteiger partial charge in [0.15, 0.2) is 0 Å². The minimum atomic E-state index is -1.11. The number of hydrogen-bond acceptors (Lipinski definition) is 1. The summed E-state index contributed by atoms with van der Waals surface area (Å²) < 4.78 is 2.92.